The normalized spacial score (nSPS) is 23.4. The van der Waals surface area contributed by atoms with Crippen LogP contribution in [0.1, 0.15) is 37.4 Å². The van der Waals surface area contributed by atoms with Gasteiger partial charge in [-0.3, -0.25) is 0 Å². The van der Waals surface area contributed by atoms with Crippen molar-refractivity contribution in [3.8, 4) is 0 Å². The summed E-state index contributed by atoms with van der Waals surface area (Å²) in [5.74, 6) is 1.47. The molecule has 0 aliphatic heterocycles. The molecule has 1 aliphatic carbocycles. The lowest BCUT2D eigenvalue weighted by molar-refractivity contribution is 0.0182. The Labute approximate surface area is 116 Å². The van der Waals surface area contributed by atoms with Crippen molar-refractivity contribution in [2.75, 3.05) is 13.2 Å². The summed E-state index contributed by atoms with van der Waals surface area (Å²) in [4.78, 5) is 4.25. The maximum Gasteiger partial charge on any atom is 0.261 e. The van der Waals surface area contributed by atoms with Gasteiger partial charge in [0.2, 0.25) is 5.89 Å². The van der Waals surface area contributed by atoms with Gasteiger partial charge in [0.05, 0.1) is 6.61 Å². The van der Waals surface area contributed by atoms with E-state index in [0.717, 1.165) is 12.8 Å². The molecule has 2 rings (SSSR count). The standard InChI is InChI=1S/C13H21F2N3O2/c14-11(15)8-19-6-5-12-17-13(20-18-12)7-9-3-1-2-4-10(9)16/h9-11H,1-8,16H2. The van der Waals surface area contributed by atoms with E-state index in [9.17, 15) is 8.78 Å². The number of nitrogens with zero attached hydrogens (tertiary/aromatic N) is 2. The van der Waals surface area contributed by atoms with Gasteiger partial charge in [-0.15, -0.1) is 0 Å². The van der Waals surface area contributed by atoms with Crippen molar-refractivity contribution in [3.05, 3.63) is 11.7 Å². The van der Waals surface area contributed by atoms with Crippen molar-refractivity contribution in [3.63, 3.8) is 0 Å². The van der Waals surface area contributed by atoms with Gasteiger partial charge < -0.3 is 15.0 Å². The van der Waals surface area contributed by atoms with Crippen LogP contribution in [-0.2, 0) is 17.6 Å². The third-order valence-corrected chi connectivity index (χ3v) is 3.63. The molecule has 0 saturated heterocycles. The van der Waals surface area contributed by atoms with Gasteiger partial charge in [-0.05, 0) is 18.8 Å². The van der Waals surface area contributed by atoms with Crippen molar-refractivity contribution >= 4 is 0 Å². The van der Waals surface area contributed by atoms with Crippen LogP contribution in [0.3, 0.4) is 0 Å². The highest BCUT2D eigenvalue weighted by Crippen LogP contribution is 2.25. The molecular formula is C13H21F2N3O2. The first-order valence-electron chi connectivity index (χ1n) is 7.08. The van der Waals surface area contributed by atoms with Gasteiger partial charge in [-0.1, -0.05) is 18.0 Å². The highest BCUT2D eigenvalue weighted by atomic mass is 19.3. The molecule has 5 nitrogen and oxygen atoms in total. The van der Waals surface area contributed by atoms with Crippen molar-refractivity contribution in [1.82, 2.24) is 10.1 Å². The van der Waals surface area contributed by atoms with Crippen molar-refractivity contribution < 1.29 is 18.0 Å². The van der Waals surface area contributed by atoms with E-state index in [1.54, 1.807) is 0 Å². The zero-order valence-electron chi connectivity index (χ0n) is 11.4. The van der Waals surface area contributed by atoms with E-state index < -0.39 is 13.0 Å². The van der Waals surface area contributed by atoms with E-state index in [1.165, 1.54) is 12.8 Å². The fraction of sp³-hybridized carbons (Fsp3) is 0.846. The van der Waals surface area contributed by atoms with Gasteiger partial charge in [0.25, 0.3) is 6.43 Å². The van der Waals surface area contributed by atoms with E-state index in [-0.39, 0.29) is 12.6 Å². The number of alkyl halides is 2. The molecule has 1 aliphatic rings. The van der Waals surface area contributed by atoms with Crippen LogP contribution in [0, 0.1) is 5.92 Å². The van der Waals surface area contributed by atoms with Gasteiger partial charge in [0, 0.05) is 18.9 Å². The van der Waals surface area contributed by atoms with Crippen LogP contribution in [0.5, 0.6) is 0 Å². The maximum atomic E-state index is 11.9. The molecule has 2 atom stereocenters. The Morgan fingerprint density at radius 2 is 2.15 bits per heavy atom. The predicted molar refractivity (Wildman–Crippen MR) is 68.5 cm³/mol. The summed E-state index contributed by atoms with van der Waals surface area (Å²) in [5.41, 5.74) is 6.08. The molecule has 1 aromatic rings. The van der Waals surface area contributed by atoms with Crippen LogP contribution in [0.2, 0.25) is 0 Å². The molecule has 0 spiro atoms. The topological polar surface area (TPSA) is 74.2 Å². The van der Waals surface area contributed by atoms with Crippen LogP contribution in [-0.4, -0.2) is 35.8 Å². The van der Waals surface area contributed by atoms with E-state index in [4.69, 9.17) is 15.0 Å². The van der Waals surface area contributed by atoms with Gasteiger partial charge in [0.1, 0.15) is 6.61 Å². The summed E-state index contributed by atoms with van der Waals surface area (Å²) >= 11 is 0. The minimum atomic E-state index is -2.44. The highest BCUT2D eigenvalue weighted by Gasteiger charge is 2.24. The smallest absolute Gasteiger partial charge is 0.261 e. The first kappa shape index (κ1) is 15.3. The van der Waals surface area contributed by atoms with Crippen LogP contribution in [0.25, 0.3) is 0 Å². The van der Waals surface area contributed by atoms with Gasteiger partial charge in [0.15, 0.2) is 5.82 Å². The summed E-state index contributed by atoms with van der Waals surface area (Å²) in [6, 6.07) is 0.202. The summed E-state index contributed by atoms with van der Waals surface area (Å²) in [6.07, 6.45) is 3.17. The van der Waals surface area contributed by atoms with Crippen molar-refractivity contribution in [1.29, 1.82) is 0 Å². The van der Waals surface area contributed by atoms with Crippen LogP contribution in [0.15, 0.2) is 4.52 Å². The number of rotatable bonds is 7. The number of nitrogens with two attached hydrogens (primary N) is 1. The minimum Gasteiger partial charge on any atom is -0.375 e. The van der Waals surface area contributed by atoms with Crippen LogP contribution >= 0.6 is 0 Å². The number of halogens is 2. The SMILES string of the molecule is NC1CCCCC1Cc1nc(CCOCC(F)F)no1. The first-order valence-corrected chi connectivity index (χ1v) is 7.08. The highest BCUT2D eigenvalue weighted by molar-refractivity contribution is 4.91. The second-order valence-corrected chi connectivity index (χ2v) is 5.23. The Bertz CT molecular complexity index is 401. The second kappa shape index (κ2) is 7.64. The molecule has 114 valence electrons. The Hall–Kier alpha value is -1.08. The third-order valence-electron chi connectivity index (χ3n) is 3.63. The average molecular weight is 289 g/mol. The van der Waals surface area contributed by atoms with Crippen molar-refractivity contribution in [2.24, 2.45) is 11.7 Å². The van der Waals surface area contributed by atoms with E-state index in [2.05, 4.69) is 10.1 Å². The molecule has 0 amide bonds. The predicted octanol–water partition coefficient (Wildman–Crippen LogP) is 1.95. The molecule has 1 fully saturated rings. The van der Waals surface area contributed by atoms with E-state index in [0.29, 0.717) is 30.5 Å². The summed E-state index contributed by atoms with van der Waals surface area (Å²) < 4.78 is 33.7. The molecule has 2 N–H and O–H groups in total. The first-order chi connectivity index (χ1) is 9.65. The van der Waals surface area contributed by atoms with Crippen LogP contribution in [0.4, 0.5) is 8.78 Å². The minimum absolute atomic E-state index is 0.173. The lowest BCUT2D eigenvalue weighted by Gasteiger charge is -2.27. The molecule has 0 radical (unpaired) electrons. The number of hydrogen-bond donors (Lipinski definition) is 1. The van der Waals surface area contributed by atoms with E-state index in [1.807, 2.05) is 0 Å². The molecule has 7 heteroatoms. The summed E-state index contributed by atoms with van der Waals surface area (Å²) in [5, 5.41) is 3.83. The Morgan fingerprint density at radius 3 is 2.90 bits per heavy atom. The molecular weight excluding hydrogens is 268 g/mol. The quantitative estimate of drug-likeness (QED) is 0.777. The number of ether oxygens (including phenoxy) is 1. The zero-order chi connectivity index (χ0) is 14.4. The Balaban J connectivity index is 1.74. The monoisotopic (exact) mass is 289 g/mol. The Morgan fingerprint density at radius 1 is 1.35 bits per heavy atom. The summed E-state index contributed by atoms with van der Waals surface area (Å²) in [6.45, 7) is -0.381. The molecule has 20 heavy (non-hydrogen) atoms. The fourth-order valence-electron chi connectivity index (χ4n) is 2.52. The Kier molecular flexibility index (Phi) is 5.85. The lowest BCUT2D eigenvalue weighted by Crippen LogP contribution is -2.34. The third kappa shape index (κ3) is 4.79. The zero-order valence-corrected chi connectivity index (χ0v) is 11.4. The van der Waals surface area contributed by atoms with E-state index >= 15 is 0 Å². The lowest BCUT2D eigenvalue weighted by atomic mass is 9.83. The molecule has 0 bridgehead atoms. The molecule has 1 heterocycles. The van der Waals surface area contributed by atoms with Crippen molar-refractivity contribution in [2.45, 2.75) is 51.0 Å². The van der Waals surface area contributed by atoms with Gasteiger partial charge in [-0.2, -0.15) is 4.98 Å². The molecule has 1 aromatic heterocycles. The van der Waals surface area contributed by atoms with Gasteiger partial charge in [-0.25, -0.2) is 8.78 Å². The molecule has 2 unspecified atom stereocenters. The largest absolute Gasteiger partial charge is 0.375 e. The van der Waals surface area contributed by atoms with Gasteiger partial charge >= 0.3 is 0 Å². The maximum absolute atomic E-state index is 11.9. The average Bonchev–Trinajstić information content (AvgIpc) is 2.85. The number of hydrogen-bond acceptors (Lipinski definition) is 5. The number of aromatic nitrogens is 2. The van der Waals surface area contributed by atoms with Crippen LogP contribution < -0.4 is 5.73 Å². The molecule has 1 saturated carbocycles. The summed E-state index contributed by atoms with van der Waals surface area (Å²) in [7, 11) is 0. The second-order valence-electron chi connectivity index (χ2n) is 5.23. The fourth-order valence-corrected chi connectivity index (χ4v) is 2.52. The molecule has 0 aromatic carbocycles.